The lowest BCUT2D eigenvalue weighted by Crippen LogP contribution is -3.20. The van der Waals surface area contributed by atoms with Crippen LogP contribution in [-0.4, -0.2) is 68.2 Å². The molecule has 0 spiro atoms. The van der Waals surface area contributed by atoms with Crippen LogP contribution in [0.25, 0.3) is 0 Å². The Bertz CT molecular complexity index is 685. The van der Waals surface area contributed by atoms with E-state index in [1.807, 2.05) is 30.3 Å². The molecule has 1 aromatic rings. The number of carbonyl (C=O) groups excluding carboxylic acids is 3. The number of rotatable bonds is 6. The first-order chi connectivity index (χ1) is 12.6. The third kappa shape index (κ3) is 4.53. The van der Waals surface area contributed by atoms with Gasteiger partial charge in [-0.1, -0.05) is 30.3 Å². The predicted molar refractivity (Wildman–Crippen MR) is 94.6 cm³/mol. The molecule has 0 radical (unpaired) electrons. The molecule has 3 rings (SSSR count). The predicted octanol–water partition coefficient (Wildman–Crippen LogP) is -2.59. The average Bonchev–Trinajstić information content (AvgIpc) is 2.66. The lowest BCUT2D eigenvalue weighted by molar-refractivity contribution is -0.945. The number of amides is 4. The van der Waals surface area contributed by atoms with Crippen LogP contribution < -0.4 is 15.5 Å². The highest BCUT2D eigenvalue weighted by atomic mass is 16.2. The van der Waals surface area contributed by atoms with Crippen LogP contribution in [-0.2, 0) is 16.1 Å². The van der Waals surface area contributed by atoms with Crippen molar-refractivity contribution in [2.24, 2.45) is 10.9 Å². The maximum absolute atomic E-state index is 12.6. The molecule has 2 aliphatic heterocycles. The molecule has 2 saturated heterocycles. The molecule has 8 heteroatoms. The number of hydrogen-bond acceptors (Lipinski definition) is 4. The summed E-state index contributed by atoms with van der Waals surface area (Å²) in [6, 6.07) is 8.53. The van der Waals surface area contributed by atoms with E-state index in [4.69, 9.17) is 0 Å². The molecule has 138 valence electrons. The monoisotopic (exact) mass is 359 g/mol. The van der Waals surface area contributed by atoms with Crippen molar-refractivity contribution in [3.05, 3.63) is 35.9 Å². The molecule has 8 nitrogen and oxygen atoms in total. The van der Waals surface area contributed by atoms with Crippen LogP contribution in [0, 0.1) is 5.92 Å². The second-order valence-electron chi connectivity index (χ2n) is 6.60. The molecule has 4 N–H and O–H groups in total. The minimum Gasteiger partial charge on any atom is -0.337 e. The zero-order valence-corrected chi connectivity index (χ0v) is 14.7. The first-order valence-electron chi connectivity index (χ1n) is 9.00. The molecule has 2 fully saturated rings. The number of urea groups is 1. The highest BCUT2D eigenvalue weighted by molar-refractivity contribution is 6.23. The number of carbonyl (C=O) groups is 3. The van der Waals surface area contributed by atoms with Crippen molar-refractivity contribution in [2.45, 2.75) is 6.54 Å². The molecular formula is C18H25N5O3+2. The number of barbiturate groups is 1. The number of nitrogens with zero attached hydrogens (tertiary/aromatic N) is 2. The summed E-state index contributed by atoms with van der Waals surface area (Å²) in [5.74, 6) is -2.17. The van der Waals surface area contributed by atoms with Crippen LogP contribution in [0.4, 0.5) is 4.79 Å². The van der Waals surface area contributed by atoms with Crippen LogP contribution >= 0.6 is 0 Å². The molecular weight excluding hydrogens is 334 g/mol. The second-order valence-corrected chi connectivity index (χ2v) is 6.60. The van der Waals surface area contributed by atoms with Gasteiger partial charge >= 0.3 is 6.03 Å². The van der Waals surface area contributed by atoms with E-state index in [9.17, 15) is 14.4 Å². The lowest BCUT2D eigenvalue weighted by atomic mass is 10.1. The van der Waals surface area contributed by atoms with Crippen molar-refractivity contribution < 1.29 is 24.6 Å². The van der Waals surface area contributed by atoms with E-state index in [0.717, 1.165) is 43.2 Å². The zero-order valence-electron chi connectivity index (χ0n) is 14.7. The summed E-state index contributed by atoms with van der Waals surface area (Å²) in [4.78, 5) is 43.5. The van der Waals surface area contributed by atoms with E-state index in [1.165, 1.54) is 11.1 Å². The number of aliphatic imine (C=N–C) groups is 1. The number of nitrogens with two attached hydrogens (primary N) is 1. The molecule has 2 aliphatic rings. The van der Waals surface area contributed by atoms with Crippen molar-refractivity contribution in [2.75, 3.05) is 39.3 Å². The summed E-state index contributed by atoms with van der Waals surface area (Å²) in [6.45, 7) is 6.06. The summed E-state index contributed by atoms with van der Waals surface area (Å²) in [7, 11) is 0. The van der Waals surface area contributed by atoms with Crippen molar-refractivity contribution >= 4 is 24.1 Å². The largest absolute Gasteiger partial charge is 0.337 e. The van der Waals surface area contributed by atoms with Crippen LogP contribution in [0.1, 0.15) is 5.56 Å². The molecule has 26 heavy (non-hydrogen) atoms. The maximum atomic E-state index is 12.6. The summed E-state index contributed by atoms with van der Waals surface area (Å²) >= 11 is 0. The summed E-state index contributed by atoms with van der Waals surface area (Å²) in [5.41, 5.74) is 0.826. The summed E-state index contributed by atoms with van der Waals surface area (Å²) < 4.78 is 0. The Morgan fingerprint density at radius 1 is 1.19 bits per heavy atom. The fraction of sp³-hybridized carbons (Fsp3) is 0.444. The number of quaternary nitrogens is 2. The van der Waals surface area contributed by atoms with Gasteiger partial charge in [0.1, 0.15) is 26.2 Å². The molecule has 2 heterocycles. The Kier molecular flexibility index (Phi) is 6.08. The fourth-order valence-corrected chi connectivity index (χ4v) is 3.21. The van der Waals surface area contributed by atoms with Crippen molar-refractivity contribution in [3.8, 4) is 0 Å². The Labute approximate surface area is 152 Å². The van der Waals surface area contributed by atoms with Crippen LogP contribution in [0.2, 0.25) is 0 Å². The van der Waals surface area contributed by atoms with Gasteiger partial charge in [-0.3, -0.25) is 24.8 Å². The van der Waals surface area contributed by atoms with Gasteiger partial charge in [0.25, 0.3) is 0 Å². The van der Waals surface area contributed by atoms with E-state index in [-0.39, 0.29) is 6.54 Å². The van der Waals surface area contributed by atoms with Gasteiger partial charge in [-0.2, -0.15) is 0 Å². The van der Waals surface area contributed by atoms with Gasteiger partial charge in [-0.15, -0.1) is 0 Å². The molecule has 4 amide bonds. The van der Waals surface area contributed by atoms with E-state index in [2.05, 4.69) is 15.6 Å². The van der Waals surface area contributed by atoms with Gasteiger partial charge in [0.15, 0.2) is 5.92 Å². The molecule has 0 aromatic heterocycles. The molecule has 1 atom stereocenters. The summed E-state index contributed by atoms with van der Waals surface area (Å²) in [6.07, 6.45) is 1.39. The number of nitrogens with one attached hydrogen (secondary N) is 2. The first kappa shape index (κ1) is 18.2. The van der Waals surface area contributed by atoms with Crippen molar-refractivity contribution in [1.29, 1.82) is 0 Å². The smallest absolute Gasteiger partial charge is 0.331 e. The van der Waals surface area contributed by atoms with E-state index >= 15 is 0 Å². The standard InChI is InChI=1S/C18H23N5O3/c24-16-15(12-20-8-11-22-9-6-19-7-10-22)17(25)23(18(26)21-16)13-14-4-2-1-3-5-14/h1-5,12,15,19H,6-11,13H2,(H,21,24,26)/p+2/t15-/m0/s1. The molecule has 0 saturated carbocycles. The Morgan fingerprint density at radius 3 is 2.65 bits per heavy atom. The Hall–Kier alpha value is -2.58. The topological polar surface area (TPSA) is 99.9 Å². The van der Waals surface area contributed by atoms with Crippen LogP contribution in [0.5, 0.6) is 0 Å². The Balaban J connectivity index is 1.58. The third-order valence-electron chi connectivity index (χ3n) is 4.73. The van der Waals surface area contributed by atoms with E-state index in [0.29, 0.717) is 6.54 Å². The number of benzene rings is 1. The van der Waals surface area contributed by atoms with E-state index in [1.54, 1.807) is 0 Å². The molecule has 0 aliphatic carbocycles. The number of piperazine rings is 1. The SMILES string of the molecule is O=C1NC(=O)N(Cc2ccccc2)C(=O)[C@H]1C=NCC[NH+]1CC[NH2+]CC1. The number of hydrogen-bond donors (Lipinski definition) is 3. The van der Waals surface area contributed by atoms with Crippen LogP contribution in [0.15, 0.2) is 35.3 Å². The first-order valence-corrected chi connectivity index (χ1v) is 9.00. The molecule has 0 bridgehead atoms. The quantitative estimate of drug-likeness (QED) is 0.384. The van der Waals surface area contributed by atoms with Gasteiger partial charge in [-0.25, -0.2) is 4.79 Å². The van der Waals surface area contributed by atoms with Gasteiger partial charge in [0.05, 0.1) is 19.6 Å². The highest BCUT2D eigenvalue weighted by Crippen LogP contribution is 2.13. The fourth-order valence-electron chi connectivity index (χ4n) is 3.21. The normalized spacial score (nSPS) is 22.1. The van der Waals surface area contributed by atoms with Gasteiger partial charge in [-0.05, 0) is 5.56 Å². The van der Waals surface area contributed by atoms with Crippen LogP contribution in [0.3, 0.4) is 0 Å². The average molecular weight is 359 g/mol. The van der Waals surface area contributed by atoms with Gasteiger partial charge < -0.3 is 10.2 Å². The maximum Gasteiger partial charge on any atom is 0.331 e. The van der Waals surface area contributed by atoms with Crippen molar-refractivity contribution in [1.82, 2.24) is 10.2 Å². The third-order valence-corrected chi connectivity index (χ3v) is 4.73. The zero-order chi connectivity index (χ0) is 18.4. The van der Waals surface area contributed by atoms with Gasteiger partial charge in [0.2, 0.25) is 11.8 Å². The minimum absolute atomic E-state index is 0.136. The summed E-state index contributed by atoms with van der Waals surface area (Å²) in [5, 5.41) is 4.55. The van der Waals surface area contributed by atoms with Gasteiger partial charge in [0, 0.05) is 6.21 Å². The van der Waals surface area contributed by atoms with E-state index < -0.39 is 23.8 Å². The highest BCUT2D eigenvalue weighted by Gasteiger charge is 2.39. The van der Waals surface area contributed by atoms with Crippen molar-refractivity contribution in [3.63, 3.8) is 0 Å². The number of imide groups is 2. The Morgan fingerprint density at radius 2 is 1.92 bits per heavy atom. The second kappa shape index (κ2) is 8.68. The molecule has 1 aromatic carbocycles. The lowest BCUT2D eigenvalue weighted by Gasteiger charge is -2.28. The minimum atomic E-state index is -1.04. The molecule has 0 unspecified atom stereocenters.